The number of halogens is 3. The Morgan fingerprint density at radius 3 is 2.68 bits per heavy atom. The van der Waals surface area contributed by atoms with Crippen LogP contribution >= 0.6 is 0 Å². The van der Waals surface area contributed by atoms with Crippen LogP contribution in [0.3, 0.4) is 0 Å². The summed E-state index contributed by atoms with van der Waals surface area (Å²) in [6.07, 6.45) is 8.32. The van der Waals surface area contributed by atoms with Gasteiger partial charge in [-0.15, -0.1) is 6.42 Å². The Morgan fingerprint density at radius 2 is 1.91 bits per heavy atom. The molecule has 2 atom stereocenters. The number of piperidine rings is 1. The summed E-state index contributed by atoms with van der Waals surface area (Å²) in [5, 5.41) is 21.3. The van der Waals surface area contributed by atoms with Crippen molar-refractivity contribution in [3.05, 3.63) is 59.7 Å². The number of hydrogen-bond acceptors (Lipinski definition) is 6. The van der Waals surface area contributed by atoms with Crippen LogP contribution in [0.2, 0.25) is 0 Å². The van der Waals surface area contributed by atoms with Gasteiger partial charge in [0.2, 0.25) is 5.88 Å². The van der Waals surface area contributed by atoms with Gasteiger partial charge in [0, 0.05) is 54.4 Å². The Morgan fingerprint density at radius 1 is 1.09 bits per heavy atom. The SMILES string of the molecule is C#Cc1c(F)ccc2cc(O)cc(-c3ccc4c(N5CCC(C#N)CC5)cc(OC[C@@]56CCCN5C[C@H](F)C6)nc4c3F)c12. The van der Waals surface area contributed by atoms with Gasteiger partial charge in [-0.05, 0) is 67.4 Å². The zero-order valence-corrected chi connectivity index (χ0v) is 24.1. The molecule has 3 fully saturated rings. The highest BCUT2D eigenvalue weighted by Gasteiger charge is 2.49. The predicted octanol–water partition coefficient (Wildman–Crippen LogP) is 6.72. The topological polar surface area (TPSA) is 72.6 Å². The number of alkyl halides is 1. The van der Waals surface area contributed by atoms with E-state index in [2.05, 4.69) is 26.8 Å². The second kappa shape index (κ2) is 10.9. The molecule has 3 saturated heterocycles. The van der Waals surface area contributed by atoms with Crippen LogP contribution in [0.25, 0.3) is 32.8 Å². The molecule has 0 unspecified atom stereocenters. The highest BCUT2D eigenvalue weighted by atomic mass is 19.1. The van der Waals surface area contributed by atoms with Crippen LogP contribution in [0, 0.1) is 41.2 Å². The smallest absolute Gasteiger partial charge is 0.216 e. The van der Waals surface area contributed by atoms with E-state index in [9.17, 15) is 19.1 Å². The monoisotopic (exact) mass is 596 g/mol. The Hall–Kier alpha value is -4.47. The summed E-state index contributed by atoms with van der Waals surface area (Å²) in [4.78, 5) is 8.91. The molecule has 3 aromatic carbocycles. The fourth-order valence-corrected chi connectivity index (χ4v) is 7.45. The molecule has 0 bridgehead atoms. The van der Waals surface area contributed by atoms with Crippen molar-refractivity contribution >= 4 is 27.4 Å². The summed E-state index contributed by atoms with van der Waals surface area (Å²) in [5.41, 5.74) is 0.721. The average Bonchev–Trinajstić information content (AvgIpc) is 3.55. The Labute approximate surface area is 253 Å². The lowest BCUT2D eigenvalue weighted by Crippen LogP contribution is -2.43. The number of nitriles is 1. The minimum atomic E-state index is -0.907. The molecule has 1 N–H and O–H groups in total. The molecule has 44 heavy (non-hydrogen) atoms. The number of nitrogens with zero attached hydrogens (tertiary/aromatic N) is 4. The van der Waals surface area contributed by atoms with Crippen molar-refractivity contribution in [2.45, 2.75) is 43.8 Å². The predicted molar refractivity (Wildman–Crippen MR) is 163 cm³/mol. The highest BCUT2D eigenvalue weighted by molar-refractivity contribution is 6.04. The number of pyridine rings is 1. The maximum Gasteiger partial charge on any atom is 0.216 e. The van der Waals surface area contributed by atoms with Gasteiger partial charge in [0.15, 0.2) is 5.82 Å². The number of anilines is 1. The van der Waals surface area contributed by atoms with Gasteiger partial charge >= 0.3 is 0 Å². The van der Waals surface area contributed by atoms with Gasteiger partial charge in [0.25, 0.3) is 0 Å². The second-order valence-electron chi connectivity index (χ2n) is 12.2. The molecule has 3 aliphatic rings. The quantitative estimate of drug-likeness (QED) is 0.258. The summed E-state index contributed by atoms with van der Waals surface area (Å²) in [6.45, 7) is 2.69. The number of rotatable bonds is 5. The lowest BCUT2D eigenvalue weighted by molar-refractivity contribution is 0.111. The number of phenolic OH excluding ortho intramolecular Hbond substituents is 1. The molecule has 0 spiro atoms. The molecule has 3 aliphatic heterocycles. The van der Waals surface area contributed by atoms with Gasteiger partial charge in [-0.2, -0.15) is 5.26 Å². The van der Waals surface area contributed by atoms with E-state index in [-0.39, 0.29) is 46.4 Å². The summed E-state index contributed by atoms with van der Waals surface area (Å²) >= 11 is 0. The first-order valence-electron chi connectivity index (χ1n) is 15.0. The maximum absolute atomic E-state index is 16.7. The number of aromatic nitrogens is 1. The third-order valence-electron chi connectivity index (χ3n) is 9.63. The first-order valence-corrected chi connectivity index (χ1v) is 15.0. The molecule has 0 radical (unpaired) electrons. The molecule has 1 aromatic heterocycles. The number of fused-ring (bicyclic) bond motifs is 3. The van der Waals surface area contributed by atoms with E-state index in [0.29, 0.717) is 55.1 Å². The van der Waals surface area contributed by atoms with E-state index in [1.807, 2.05) is 6.07 Å². The molecule has 224 valence electrons. The molecule has 0 amide bonds. The first-order chi connectivity index (χ1) is 21.3. The van der Waals surface area contributed by atoms with Crippen LogP contribution in [0.1, 0.15) is 37.7 Å². The van der Waals surface area contributed by atoms with Crippen molar-refractivity contribution in [3.63, 3.8) is 0 Å². The fourth-order valence-electron chi connectivity index (χ4n) is 7.45. The van der Waals surface area contributed by atoms with Crippen LogP contribution in [-0.2, 0) is 0 Å². The maximum atomic E-state index is 16.7. The van der Waals surface area contributed by atoms with Crippen LogP contribution in [0.15, 0.2) is 42.5 Å². The number of ether oxygens (including phenoxy) is 1. The molecule has 0 aliphatic carbocycles. The number of terminal acetylenes is 1. The van der Waals surface area contributed by atoms with Crippen molar-refractivity contribution in [1.82, 2.24) is 9.88 Å². The van der Waals surface area contributed by atoms with Crippen LogP contribution in [-0.4, -0.2) is 59.5 Å². The Kier molecular flexibility index (Phi) is 7.02. The largest absolute Gasteiger partial charge is 0.508 e. The number of benzene rings is 3. The van der Waals surface area contributed by atoms with E-state index in [1.54, 1.807) is 12.1 Å². The van der Waals surface area contributed by atoms with Gasteiger partial charge in [-0.1, -0.05) is 18.1 Å². The van der Waals surface area contributed by atoms with Crippen molar-refractivity contribution in [1.29, 1.82) is 5.26 Å². The Bertz CT molecular complexity index is 1870. The minimum Gasteiger partial charge on any atom is -0.508 e. The Balaban J connectivity index is 1.37. The summed E-state index contributed by atoms with van der Waals surface area (Å²) < 4.78 is 52.2. The minimum absolute atomic E-state index is 0.0220. The third kappa shape index (κ3) is 4.67. The summed E-state index contributed by atoms with van der Waals surface area (Å²) in [7, 11) is 0. The van der Waals surface area contributed by atoms with E-state index in [4.69, 9.17) is 11.2 Å². The molecule has 6 nitrogen and oxygen atoms in total. The summed E-state index contributed by atoms with van der Waals surface area (Å²) in [5.74, 6) is 1.18. The fraction of sp³-hybridized carbons (Fsp3) is 0.371. The van der Waals surface area contributed by atoms with E-state index >= 15 is 4.39 Å². The molecular weight excluding hydrogens is 565 g/mol. The van der Waals surface area contributed by atoms with Gasteiger partial charge in [0.1, 0.15) is 29.9 Å². The summed E-state index contributed by atoms with van der Waals surface area (Å²) in [6, 6.07) is 13.1. The van der Waals surface area contributed by atoms with Gasteiger partial charge < -0.3 is 14.7 Å². The zero-order chi connectivity index (χ0) is 30.6. The molecule has 0 saturated carbocycles. The second-order valence-corrected chi connectivity index (χ2v) is 12.2. The van der Waals surface area contributed by atoms with Gasteiger partial charge in [-0.3, -0.25) is 4.90 Å². The zero-order valence-electron chi connectivity index (χ0n) is 24.1. The van der Waals surface area contributed by atoms with Crippen LogP contribution < -0.4 is 9.64 Å². The van der Waals surface area contributed by atoms with Crippen LogP contribution in [0.4, 0.5) is 18.9 Å². The molecule has 9 heteroatoms. The first kappa shape index (κ1) is 28.3. The average molecular weight is 597 g/mol. The van der Waals surface area contributed by atoms with Crippen molar-refractivity contribution in [2.75, 3.05) is 37.7 Å². The van der Waals surface area contributed by atoms with E-state index in [1.165, 1.54) is 24.3 Å². The van der Waals surface area contributed by atoms with Crippen molar-refractivity contribution < 1.29 is 23.0 Å². The van der Waals surface area contributed by atoms with Crippen molar-refractivity contribution in [2.24, 2.45) is 5.92 Å². The van der Waals surface area contributed by atoms with Crippen LogP contribution in [0.5, 0.6) is 11.6 Å². The van der Waals surface area contributed by atoms with Crippen molar-refractivity contribution in [3.8, 4) is 41.2 Å². The number of aromatic hydroxyl groups is 1. The lowest BCUT2D eigenvalue weighted by Gasteiger charge is -2.33. The van der Waals surface area contributed by atoms with Gasteiger partial charge in [-0.25, -0.2) is 18.2 Å². The van der Waals surface area contributed by atoms with Gasteiger partial charge in [0.05, 0.1) is 22.9 Å². The normalized spacial score (nSPS) is 22.3. The lowest BCUT2D eigenvalue weighted by atomic mass is 9.92. The standard InChI is InChI=1S/C35H31F3N4O2/c1-2-25-29(37)7-4-22-14-24(43)15-28(32(22)25)26-5-6-27-30(41-12-8-21(18-39)9-13-41)16-31(40-34(27)33(26)38)44-20-35-10-3-11-42(35)19-23(36)17-35/h1,4-7,14-16,21,23,43H,3,8-13,17,19-20H2/t23-,35+/m1/s1. The molecule has 4 aromatic rings. The highest BCUT2D eigenvalue weighted by Crippen LogP contribution is 2.43. The number of hydrogen-bond donors (Lipinski definition) is 1. The van der Waals surface area contributed by atoms with E-state index in [0.717, 1.165) is 25.1 Å². The molecular formula is C35H31F3N4O2. The molecule has 7 rings (SSSR count). The molecule has 4 heterocycles. The third-order valence-corrected chi connectivity index (χ3v) is 9.63. The number of phenols is 1. The van der Waals surface area contributed by atoms with E-state index < -0.39 is 23.3 Å².